The third-order valence-electron chi connectivity index (χ3n) is 3.36. The van der Waals surface area contributed by atoms with Crippen LogP contribution in [0.3, 0.4) is 0 Å². The van der Waals surface area contributed by atoms with Crippen molar-refractivity contribution in [1.82, 2.24) is 5.32 Å². The van der Waals surface area contributed by atoms with Gasteiger partial charge in [-0.2, -0.15) is 0 Å². The van der Waals surface area contributed by atoms with Gasteiger partial charge in [-0.05, 0) is 31.4 Å². The fourth-order valence-corrected chi connectivity index (χ4v) is 2.07. The molecule has 1 aliphatic carbocycles. The Morgan fingerprint density at radius 1 is 1.40 bits per heavy atom. The first kappa shape index (κ1) is 13.6. The average molecular weight is 296 g/mol. The van der Waals surface area contributed by atoms with E-state index in [9.17, 15) is 0 Å². The van der Waals surface area contributed by atoms with Crippen molar-refractivity contribution in [2.24, 2.45) is 0 Å². The number of ether oxygens (including phenoxy) is 3. The number of hydrogen-bond donors (Lipinski definition) is 1. The fraction of sp³-hybridized carbons (Fsp3) is 0.467. The molecule has 0 radical (unpaired) electrons. The Labute approximate surface area is 123 Å². The van der Waals surface area contributed by atoms with Crippen molar-refractivity contribution >= 4 is 11.6 Å². The van der Waals surface area contributed by atoms with E-state index in [1.54, 1.807) is 0 Å². The van der Waals surface area contributed by atoms with Crippen LogP contribution in [0.2, 0.25) is 0 Å². The van der Waals surface area contributed by atoms with Crippen LogP contribution < -0.4 is 19.5 Å². The average Bonchev–Trinajstić information content (AvgIpc) is 3.19. The zero-order valence-corrected chi connectivity index (χ0v) is 12.2. The van der Waals surface area contributed by atoms with Crippen LogP contribution in [-0.4, -0.2) is 19.4 Å². The molecule has 4 nitrogen and oxygen atoms in total. The normalized spacial score (nSPS) is 17.4. The number of halogens is 1. The molecule has 0 unspecified atom stereocenters. The third-order valence-corrected chi connectivity index (χ3v) is 3.73. The van der Waals surface area contributed by atoms with Crippen molar-refractivity contribution in [3.05, 3.63) is 28.8 Å². The van der Waals surface area contributed by atoms with E-state index in [1.807, 2.05) is 19.1 Å². The van der Waals surface area contributed by atoms with Crippen molar-refractivity contribution in [1.29, 1.82) is 0 Å². The molecule has 108 valence electrons. The molecule has 0 saturated heterocycles. The van der Waals surface area contributed by atoms with E-state index < -0.39 is 0 Å². The highest BCUT2D eigenvalue weighted by atomic mass is 35.5. The van der Waals surface area contributed by atoms with Gasteiger partial charge in [0, 0.05) is 29.8 Å². The summed E-state index contributed by atoms with van der Waals surface area (Å²) in [4.78, 5) is 0. The molecular formula is C15H18ClNO3. The molecule has 0 spiro atoms. The molecule has 1 heterocycles. The minimum atomic E-state index is 0.273. The predicted octanol–water partition coefficient (Wildman–Crippen LogP) is 3.19. The van der Waals surface area contributed by atoms with Crippen LogP contribution in [0, 0.1) is 0 Å². The molecule has 0 bridgehead atoms. The highest BCUT2D eigenvalue weighted by Crippen LogP contribution is 2.38. The summed E-state index contributed by atoms with van der Waals surface area (Å²) in [5.41, 5.74) is 3.60. The van der Waals surface area contributed by atoms with Crippen LogP contribution in [0.5, 0.6) is 17.2 Å². The monoisotopic (exact) mass is 295 g/mol. The van der Waals surface area contributed by atoms with E-state index in [0.29, 0.717) is 12.6 Å². The lowest BCUT2D eigenvalue weighted by Gasteiger charge is -2.13. The molecule has 1 fully saturated rings. The van der Waals surface area contributed by atoms with Gasteiger partial charge in [-0.1, -0.05) is 11.6 Å². The van der Waals surface area contributed by atoms with Gasteiger partial charge >= 0.3 is 0 Å². The molecule has 0 atom stereocenters. The minimum absolute atomic E-state index is 0.273. The molecule has 1 saturated carbocycles. The molecule has 1 aromatic rings. The maximum absolute atomic E-state index is 5.84. The Hall–Kier alpha value is -1.39. The van der Waals surface area contributed by atoms with Crippen LogP contribution >= 0.6 is 11.6 Å². The summed E-state index contributed by atoms with van der Waals surface area (Å²) in [7, 11) is 0. The van der Waals surface area contributed by atoms with Crippen LogP contribution in [0.15, 0.2) is 23.2 Å². The van der Waals surface area contributed by atoms with Crippen molar-refractivity contribution in [3.63, 3.8) is 0 Å². The Morgan fingerprint density at radius 3 is 2.85 bits per heavy atom. The summed E-state index contributed by atoms with van der Waals surface area (Å²) < 4.78 is 16.7. The quantitative estimate of drug-likeness (QED) is 0.875. The predicted molar refractivity (Wildman–Crippen MR) is 77.5 cm³/mol. The molecule has 0 amide bonds. The second kappa shape index (κ2) is 5.94. The Bertz CT molecular complexity index is 526. The van der Waals surface area contributed by atoms with E-state index in [2.05, 4.69) is 5.32 Å². The third kappa shape index (κ3) is 3.19. The van der Waals surface area contributed by atoms with Crippen molar-refractivity contribution in [3.8, 4) is 17.2 Å². The first-order valence-electron chi connectivity index (χ1n) is 6.81. The first-order chi connectivity index (χ1) is 9.76. The maximum Gasteiger partial charge on any atom is 0.231 e. The zero-order valence-electron chi connectivity index (χ0n) is 11.4. The topological polar surface area (TPSA) is 39.7 Å². The summed E-state index contributed by atoms with van der Waals surface area (Å²) in [6.07, 6.45) is 2.52. The van der Waals surface area contributed by atoms with Gasteiger partial charge < -0.3 is 19.5 Å². The smallest absolute Gasteiger partial charge is 0.231 e. The molecule has 1 aromatic carbocycles. The molecule has 0 aromatic heterocycles. The van der Waals surface area contributed by atoms with Crippen LogP contribution in [0.25, 0.3) is 0 Å². The molecule has 2 aliphatic rings. The summed E-state index contributed by atoms with van der Waals surface area (Å²) >= 11 is 5.66. The second-order valence-electron chi connectivity index (χ2n) is 5.21. The Balaban J connectivity index is 1.76. The van der Waals surface area contributed by atoms with Crippen LogP contribution in [0.4, 0.5) is 0 Å². The van der Waals surface area contributed by atoms with Gasteiger partial charge in [0.25, 0.3) is 0 Å². The van der Waals surface area contributed by atoms with E-state index >= 15 is 0 Å². The SMILES string of the molecule is C/C(=C/Cl)COc1cc2c(cc1CNC1CC1)OCO2. The number of rotatable bonds is 6. The Kier molecular flexibility index (Phi) is 4.03. The van der Waals surface area contributed by atoms with E-state index in [4.69, 9.17) is 25.8 Å². The Morgan fingerprint density at radius 2 is 2.15 bits per heavy atom. The van der Waals surface area contributed by atoms with Crippen molar-refractivity contribution in [2.45, 2.75) is 32.4 Å². The lowest BCUT2D eigenvalue weighted by Crippen LogP contribution is -2.16. The van der Waals surface area contributed by atoms with Gasteiger partial charge in [0.15, 0.2) is 11.5 Å². The molecule has 5 heteroatoms. The van der Waals surface area contributed by atoms with Crippen molar-refractivity contribution in [2.75, 3.05) is 13.4 Å². The zero-order chi connectivity index (χ0) is 13.9. The lowest BCUT2D eigenvalue weighted by atomic mass is 10.1. The number of fused-ring (bicyclic) bond motifs is 1. The highest BCUT2D eigenvalue weighted by molar-refractivity contribution is 6.25. The fourth-order valence-electron chi connectivity index (χ4n) is 2.00. The number of hydrogen-bond acceptors (Lipinski definition) is 4. The summed E-state index contributed by atoms with van der Waals surface area (Å²) in [6, 6.07) is 4.54. The summed E-state index contributed by atoms with van der Waals surface area (Å²) in [5.74, 6) is 2.34. The molecule has 20 heavy (non-hydrogen) atoms. The van der Waals surface area contributed by atoms with Gasteiger partial charge in [-0.3, -0.25) is 0 Å². The standard InChI is InChI=1S/C15H18ClNO3/c1-10(6-16)8-18-13-5-15-14(19-9-20-15)4-11(13)7-17-12-2-3-12/h4-6,12,17H,2-3,7-9H2,1H3/b10-6-. The summed E-state index contributed by atoms with van der Waals surface area (Å²) in [5, 5.41) is 3.49. The minimum Gasteiger partial charge on any atom is -0.489 e. The van der Waals surface area contributed by atoms with Gasteiger partial charge in [0.05, 0.1) is 0 Å². The number of benzene rings is 1. The highest BCUT2D eigenvalue weighted by Gasteiger charge is 2.22. The lowest BCUT2D eigenvalue weighted by molar-refractivity contribution is 0.173. The van der Waals surface area contributed by atoms with Crippen LogP contribution in [0.1, 0.15) is 25.3 Å². The summed E-state index contributed by atoms with van der Waals surface area (Å²) in [6.45, 7) is 3.46. The molecule has 3 rings (SSSR count). The second-order valence-corrected chi connectivity index (χ2v) is 5.43. The van der Waals surface area contributed by atoms with Gasteiger partial charge in [-0.15, -0.1) is 0 Å². The van der Waals surface area contributed by atoms with Gasteiger partial charge in [0.1, 0.15) is 12.4 Å². The molecule has 1 N–H and O–H groups in total. The first-order valence-corrected chi connectivity index (χ1v) is 7.24. The van der Waals surface area contributed by atoms with Gasteiger partial charge in [-0.25, -0.2) is 0 Å². The maximum atomic E-state index is 5.84. The van der Waals surface area contributed by atoms with E-state index in [-0.39, 0.29) is 6.79 Å². The van der Waals surface area contributed by atoms with Crippen molar-refractivity contribution < 1.29 is 14.2 Å². The molecular weight excluding hydrogens is 278 g/mol. The molecule has 1 aliphatic heterocycles. The van der Waals surface area contributed by atoms with E-state index in [0.717, 1.165) is 34.9 Å². The van der Waals surface area contributed by atoms with Crippen LogP contribution in [-0.2, 0) is 6.54 Å². The largest absolute Gasteiger partial charge is 0.489 e. The number of nitrogens with one attached hydrogen (secondary N) is 1. The van der Waals surface area contributed by atoms with E-state index in [1.165, 1.54) is 18.4 Å². The van der Waals surface area contributed by atoms with Gasteiger partial charge in [0.2, 0.25) is 6.79 Å².